The zero-order valence-corrected chi connectivity index (χ0v) is 14.4. The van der Waals surface area contributed by atoms with Crippen molar-refractivity contribution in [2.45, 2.75) is 19.8 Å². The van der Waals surface area contributed by atoms with Crippen molar-refractivity contribution >= 4 is 17.1 Å². The van der Waals surface area contributed by atoms with Crippen LogP contribution in [0.2, 0.25) is 0 Å². The third kappa shape index (κ3) is 2.32. The van der Waals surface area contributed by atoms with Gasteiger partial charge in [0.1, 0.15) is 5.82 Å². The van der Waals surface area contributed by atoms with E-state index in [2.05, 4.69) is 40.3 Å². The number of H-pyrrole nitrogens is 3. The molecule has 0 aliphatic rings. The molecule has 3 N–H and O–H groups in total. The van der Waals surface area contributed by atoms with Crippen molar-refractivity contribution in [2.75, 3.05) is 0 Å². The van der Waals surface area contributed by atoms with E-state index in [0.717, 1.165) is 40.0 Å². The van der Waals surface area contributed by atoms with E-state index in [9.17, 15) is 0 Å². The molecule has 6 aromatic rings. The molecule has 27 heavy (non-hydrogen) atoms. The van der Waals surface area contributed by atoms with Crippen LogP contribution in [-0.2, 0) is 12.8 Å². The topological polar surface area (TPSA) is 125 Å². The molecule has 0 saturated carbocycles. The van der Waals surface area contributed by atoms with Crippen LogP contribution in [0.4, 0.5) is 0 Å². The number of hydrogen-bond donors (Lipinski definition) is 3. The van der Waals surface area contributed by atoms with Crippen LogP contribution in [0.1, 0.15) is 28.7 Å². The summed E-state index contributed by atoms with van der Waals surface area (Å²) in [5.74, 6) is 2.21. The second-order valence-electron chi connectivity index (χ2n) is 6.60. The molecule has 6 aromatic heterocycles. The fraction of sp³-hybridized carbons (Fsp3) is 0.188. The highest BCUT2D eigenvalue weighted by atomic mass is 15.5. The van der Waals surface area contributed by atoms with Gasteiger partial charge in [0, 0.05) is 42.3 Å². The number of fused-ring (bicyclic) bond motifs is 3. The van der Waals surface area contributed by atoms with Crippen molar-refractivity contribution in [2.24, 2.45) is 0 Å². The first-order valence-electron chi connectivity index (χ1n) is 8.55. The average Bonchev–Trinajstić information content (AvgIpc) is 3.36. The fourth-order valence-electron chi connectivity index (χ4n) is 3.34. The number of nitrogens with zero attached hydrogens (tertiary/aromatic N) is 8. The van der Waals surface area contributed by atoms with Crippen LogP contribution in [-0.4, -0.2) is 54.0 Å². The number of rotatable bonds is 4. The predicted molar refractivity (Wildman–Crippen MR) is 94.6 cm³/mol. The molecular formula is C16H15N11. The van der Waals surface area contributed by atoms with Crippen LogP contribution in [0.25, 0.3) is 17.1 Å². The Hall–Kier alpha value is -3.89. The largest absolute Gasteiger partial charge is 0.297 e. The molecule has 0 radical (unpaired) electrons. The quantitative estimate of drug-likeness (QED) is 0.430. The molecule has 0 unspecified atom stereocenters. The standard InChI is InChI=1S/C16H15N11/c1-9-4-14-18-11(8-26(14)21-9)6-12-19-15-7-10(22-27(15)24-12)5-13-20-16-17-2-3-25(16)23-13/h2-4,7-8,21-22H,5-6H2,1H3,(H,17,20,23). The molecule has 11 nitrogen and oxygen atoms in total. The summed E-state index contributed by atoms with van der Waals surface area (Å²) in [4.78, 5) is 17.8. The second-order valence-corrected chi connectivity index (χ2v) is 6.60. The van der Waals surface area contributed by atoms with Gasteiger partial charge in [-0.1, -0.05) is 0 Å². The van der Waals surface area contributed by atoms with Crippen molar-refractivity contribution in [3.63, 3.8) is 0 Å². The summed E-state index contributed by atoms with van der Waals surface area (Å²) in [6.45, 7) is 2.01. The Morgan fingerprint density at radius 1 is 0.963 bits per heavy atom. The monoisotopic (exact) mass is 361 g/mol. The third-order valence-corrected chi connectivity index (χ3v) is 4.46. The zero-order chi connectivity index (χ0) is 18.0. The molecule has 0 bridgehead atoms. The highest BCUT2D eigenvalue weighted by Gasteiger charge is 2.12. The molecule has 0 aliphatic carbocycles. The summed E-state index contributed by atoms with van der Waals surface area (Å²) in [6.07, 6.45) is 6.71. The van der Waals surface area contributed by atoms with E-state index in [1.807, 2.05) is 36.0 Å². The average molecular weight is 361 g/mol. The second kappa shape index (κ2) is 5.06. The van der Waals surface area contributed by atoms with Gasteiger partial charge >= 0.3 is 0 Å². The molecule has 0 aromatic carbocycles. The molecule has 6 rings (SSSR count). The molecule has 11 heteroatoms. The van der Waals surface area contributed by atoms with Crippen molar-refractivity contribution in [1.29, 1.82) is 0 Å². The van der Waals surface area contributed by atoms with Gasteiger partial charge in [0.05, 0.1) is 18.3 Å². The van der Waals surface area contributed by atoms with E-state index < -0.39 is 0 Å². The summed E-state index contributed by atoms with van der Waals surface area (Å²) in [5.41, 5.74) is 4.65. The van der Waals surface area contributed by atoms with E-state index in [-0.39, 0.29) is 0 Å². The molecule has 0 fully saturated rings. The molecule has 0 saturated heterocycles. The first-order chi connectivity index (χ1) is 13.2. The van der Waals surface area contributed by atoms with Crippen molar-refractivity contribution in [3.8, 4) is 0 Å². The lowest BCUT2D eigenvalue weighted by Gasteiger charge is -1.93. The van der Waals surface area contributed by atoms with E-state index in [0.29, 0.717) is 18.6 Å². The summed E-state index contributed by atoms with van der Waals surface area (Å²) in [6, 6.07) is 3.98. The lowest BCUT2D eigenvalue weighted by molar-refractivity contribution is 0.765. The smallest absolute Gasteiger partial charge is 0.250 e. The van der Waals surface area contributed by atoms with Crippen molar-refractivity contribution in [3.05, 3.63) is 59.5 Å². The van der Waals surface area contributed by atoms with E-state index in [4.69, 9.17) is 0 Å². The van der Waals surface area contributed by atoms with Gasteiger partial charge in [0.15, 0.2) is 17.1 Å². The summed E-state index contributed by atoms with van der Waals surface area (Å²) in [7, 11) is 0. The van der Waals surface area contributed by atoms with E-state index >= 15 is 0 Å². The molecule has 0 spiro atoms. The van der Waals surface area contributed by atoms with E-state index in [1.54, 1.807) is 15.3 Å². The summed E-state index contributed by atoms with van der Waals surface area (Å²) in [5, 5.41) is 14.1. The summed E-state index contributed by atoms with van der Waals surface area (Å²) < 4.78 is 5.38. The van der Waals surface area contributed by atoms with Gasteiger partial charge in [-0.25, -0.2) is 24.0 Å². The van der Waals surface area contributed by atoms with Crippen LogP contribution in [0, 0.1) is 6.92 Å². The highest BCUT2D eigenvalue weighted by molar-refractivity contribution is 5.42. The number of imidazole rings is 2. The normalized spacial score (nSPS) is 12.2. The minimum Gasteiger partial charge on any atom is -0.297 e. The minimum absolute atomic E-state index is 0.578. The van der Waals surface area contributed by atoms with Gasteiger partial charge in [-0.15, -0.1) is 5.10 Å². The number of aromatic nitrogens is 11. The van der Waals surface area contributed by atoms with Gasteiger partial charge in [-0.2, -0.15) is 9.61 Å². The van der Waals surface area contributed by atoms with Crippen molar-refractivity contribution < 1.29 is 0 Å². The number of nitrogens with one attached hydrogen (secondary N) is 3. The van der Waals surface area contributed by atoms with Gasteiger partial charge in [0.2, 0.25) is 0 Å². The van der Waals surface area contributed by atoms with Gasteiger partial charge in [-0.3, -0.25) is 15.3 Å². The maximum absolute atomic E-state index is 4.59. The first kappa shape index (κ1) is 14.3. The lowest BCUT2D eigenvalue weighted by Crippen LogP contribution is -1.97. The number of aryl methyl sites for hydroxylation is 1. The summed E-state index contributed by atoms with van der Waals surface area (Å²) >= 11 is 0. The molecule has 134 valence electrons. The van der Waals surface area contributed by atoms with Gasteiger partial charge < -0.3 is 0 Å². The maximum Gasteiger partial charge on any atom is 0.250 e. The van der Waals surface area contributed by atoms with Crippen LogP contribution in [0.5, 0.6) is 0 Å². The Morgan fingerprint density at radius 3 is 2.78 bits per heavy atom. The van der Waals surface area contributed by atoms with Crippen molar-refractivity contribution in [1.82, 2.24) is 54.0 Å². The highest BCUT2D eigenvalue weighted by Crippen LogP contribution is 2.12. The lowest BCUT2D eigenvalue weighted by atomic mass is 10.3. The first-order valence-corrected chi connectivity index (χ1v) is 8.55. The zero-order valence-electron chi connectivity index (χ0n) is 14.4. The van der Waals surface area contributed by atoms with Crippen LogP contribution in [0.3, 0.4) is 0 Å². The third-order valence-electron chi connectivity index (χ3n) is 4.46. The SMILES string of the molecule is Cc1cc2nc(Cc3nc4cc(Cc5nc6nccn6[nH]5)[nH]n4n3)cn2[nH]1. The minimum atomic E-state index is 0.578. The van der Waals surface area contributed by atoms with Crippen LogP contribution in [0.15, 0.2) is 30.7 Å². The Morgan fingerprint density at radius 2 is 1.93 bits per heavy atom. The molecule has 0 atom stereocenters. The van der Waals surface area contributed by atoms with Gasteiger partial charge in [0.25, 0.3) is 5.78 Å². The molecule has 6 heterocycles. The predicted octanol–water partition coefficient (Wildman–Crippen LogP) is 0.894. The molecule has 0 amide bonds. The Bertz CT molecular complexity index is 1310. The Labute approximate surface area is 151 Å². The Kier molecular flexibility index (Phi) is 2.68. The van der Waals surface area contributed by atoms with E-state index in [1.165, 1.54) is 0 Å². The van der Waals surface area contributed by atoms with Crippen LogP contribution >= 0.6 is 0 Å². The van der Waals surface area contributed by atoms with Crippen LogP contribution < -0.4 is 0 Å². The number of aromatic amines is 3. The maximum atomic E-state index is 4.59. The number of hydrogen-bond acceptors (Lipinski definition) is 5. The Balaban J connectivity index is 1.24. The fourth-order valence-corrected chi connectivity index (χ4v) is 3.34. The molecule has 0 aliphatic heterocycles. The molecular weight excluding hydrogens is 346 g/mol. The van der Waals surface area contributed by atoms with Gasteiger partial charge in [-0.05, 0) is 6.92 Å².